The summed E-state index contributed by atoms with van der Waals surface area (Å²) in [4.78, 5) is 42.2. The van der Waals surface area contributed by atoms with E-state index in [1.807, 2.05) is 0 Å². The van der Waals surface area contributed by atoms with E-state index in [9.17, 15) is 35.8 Å². The number of nitrogens with two attached hydrogens (primary N) is 2. The van der Waals surface area contributed by atoms with Crippen LogP contribution >= 0.6 is 0 Å². The smallest absolute Gasteiger partial charge is 0.0380 e. The Morgan fingerprint density at radius 1 is 0.727 bits per heavy atom. The molecule has 360 valence electrons. The van der Waals surface area contributed by atoms with Crippen molar-refractivity contribution in [3.05, 3.63) is 75.6 Å². The van der Waals surface area contributed by atoms with Crippen molar-refractivity contribution in [2.75, 3.05) is 54.4 Å². The summed E-state index contributed by atoms with van der Waals surface area (Å²) >= 11 is 0. The molecular formula is C41H62B2N10O11S2. The number of ether oxygens (including phenoxy) is 2. The van der Waals surface area contributed by atoms with Crippen molar-refractivity contribution in [2.24, 2.45) is 21.5 Å². The topological polar surface area (TPSA) is 305 Å². The average Bonchev–Trinajstić information content (AvgIpc) is 3.27. The Hall–Kier alpha value is -5.62. The van der Waals surface area contributed by atoms with E-state index in [0.29, 0.717) is 85.0 Å². The number of benzene rings is 2. The molecular weight excluding hydrogens is 894 g/mol. The molecule has 0 radical (unpaired) electrons. The second-order valence-corrected chi connectivity index (χ2v) is 18.1. The van der Waals surface area contributed by atoms with Gasteiger partial charge in [0.25, 0.3) is 0 Å². The van der Waals surface area contributed by atoms with Crippen molar-refractivity contribution in [3.63, 3.8) is 0 Å². The van der Waals surface area contributed by atoms with Gasteiger partial charge in [0.15, 0.2) is 0 Å². The molecule has 66 heavy (non-hydrogen) atoms. The number of sulfonamides is 2. The van der Waals surface area contributed by atoms with Gasteiger partial charge >= 0.3 is 290 Å². The summed E-state index contributed by atoms with van der Waals surface area (Å²) in [5.41, 5.74) is 15.5. The van der Waals surface area contributed by atoms with Crippen LogP contribution in [0.3, 0.4) is 0 Å². The first kappa shape index (κ1) is 56.5. The molecule has 0 aliphatic rings. The third kappa shape index (κ3) is 16.4. The Labute approximate surface area is 388 Å². The number of aromatic nitrogens is 1. The maximum absolute atomic E-state index is 12.9. The number of carbonyl (C=O) groups excluding carboxylic acids is 2. The Bertz CT molecular complexity index is 2440. The monoisotopic (exact) mass is 956 g/mol. The van der Waals surface area contributed by atoms with Crippen LogP contribution < -0.4 is 41.0 Å². The summed E-state index contributed by atoms with van der Waals surface area (Å²) in [7, 11) is -0.698. The number of aryl methyl sites for hydroxylation is 2. The number of carbonyl (C=O) groups is 2. The third-order valence-corrected chi connectivity index (χ3v) is 13.6. The molecule has 2 atom stereocenters. The zero-order valence-electron chi connectivity index (χ0n) is 39.2. The number of guanidine groups is 2. The predicted molar refractivity (Wildman–Crippen MR) is 251 cm³/mol. The average molecular weight is 957 g/mol. The van der Waals surface area contributed by atoms with Crippen molar-refractivity contribution < 1.29 is 50.1 Å². The molecule has 8 N–H and O–H groups in total. The van der Waals surface area contributed by atoms with Crippen LogP contribution in [0.1, 0.15) is 69.6 Å². The van der Waals surface area contributed by atoms with Gasteiger partial charge in [0.05, 0.1) is 14.2 Å². The van der Waals surface area contributed by atoms with Gasteiger partial charge in [-0.3, -0.25) is 0 Å². The molecule has 0 fully saturated rings. The number of amides is 1. The SMILES string of the molecule is COc1cc(C)c(S(=O)(=O)NC(N)=NCCCC(NCB=O)C(=O)N(C)OC)c(C)c1C.COc1cc(C)c(S(=O)(=O)NC(N)=NCCCC(NCB=O)C(=O)c2ccccn2)c(C)c1C. The van der Waals surface area contributed by atoms with Crippen LogP contribution in [0.2, 0.25) is 0 Å². The van der Waals surface area contributed by atoms with Gasteiger partial charge in [0, 0.05) is 0 Å². The first-order valence-corrected chi connectivity index (χ1v) is 23.6. The standard InChI is InChI=1S/C22H30BN5O5S.C19H32BN5O6S/c1-14-12-19(33-4)15(2)16(3)21(14)34(31,32)28-22(24)26-11-7-9-18(27-13-23-30)20(29)17-8-5-6-10-25-17;1-12-10-16(30-5)13(2)14(3)17(12)32(28,29)24-19(21)22-9-7-8-15(23-11-20-27)18(26)25(4)31-6/h5-6,8,10,12,18,27H,7,9,11,13H2,1-4H3,(H3,24,26,28);10,15,23H,7-9,11H2,1-6H3,(H3,21,22,24). The molecule has 3 rings (SSSR count). The molecule has 1 amide bonds. The Morgan fingerprint density at radius 2 is 1.17 bits per heavy atom. The molecule has 21 nitrogen and oxygen atoms in total. The van der Waals surface area contributed by atoms with Gasteiger partial charge in [-0.15, -0.1) is 0 Å². The van der Waals surface area contributed by atoms with Crippen LogP contribution in [-0.2, 0) is 39.1 Å². The van der Waals surface area contributed by atoms with Crippen molar-refractivity contribution in [2.45, 2.75) is 89.1 Å². The summed E-state index contributed by atoms with van der Waals surface area (Å²) < 4.78 is 88.1. The van der Waals surface area contributed by atoms with Gasteiger partial charge in [-0.25, -0.2) is 0 Å². The fourth-order valence-electron chi connectivity index (χ4n) is 6.74. The minimum atomic E-state index is -3.96. The number of methoxy groups -OCH3 is 2. The van der Waals surface area contributed by atoms with Gasteiger partial charge < -0.3 is 9.47 Å². The van der Waals surface area contributed by atoms with Crippen molar-refractivity contribution >= 4 is 58.0 Å². The Morgan fingerprint density at radius 3 is 1.56 bits per heavy atom. The van der Waals surface area contributed by atoms with Crippen LogP contribution in [0.15, 0.2) is 56.3 Å². The molecule has 25 heteroatoms. The van der Waals surface area contributed by atoms with Gasteiger partial charge in [-0.1, -0.05) is 0 Å². The fraction of sp³-hybridized carbons (Fsp3) is 0.488. The number of hydroxylamine groups is 2. The zero-order chi connectivity index (χ0) is 49.8. The summed E-state index contributed by atoms with van der Waals surface area (Å²) in [5.74, 6) is 0.130. The number of likely N-dealkylation sites (N-methyl/N-ethyl adjacent to an activating group) is 1. The van der Waals surface area contributed by atoms with E-state index in [4.69, 9.17) is 25.8 Å². The van der Waals surface area contributed by atoms with Gasteiger partial charge in [0.2, 0.25) is 0 Å². The van der Waals surface area contributed by atoms with Gasteiger partial charge in [-0.05, 0) is 64.8 Å². The molecule has 0 saturated heterocycles. The zero-order valence-corrected chi connectivity index (χ0v) is 40.8. The second-order valence-electron chi connectivity index (χ2n) is 14.8. The quantitative estimate of drug-likeness (QED) is 0.0184. The Balaban J connectivity index is 0.000000454. The summed E-state index contributed by atoms with van der Waals surface area (Å²) in [5, 5.41) is 6.77. The minimum Gasteiger partial charge on any atom is -0.0380 e. The number of rotatable bonds is 24. The molecule has 1 heterocycles. The van der Waals surface area contributed by atoms with E-state index >= 15 is 0 Å². The summed E-state index contributed by atoms with van der Waals surface area (Å²) in [6.45, 7) is 10.7. The number of Topliss-reactive ketones (excluding diaryl/α,β-unsaturated/α-hetero) is 1. The number of nitrogens with one attached hydrogen (secondary N) is 4. The first-order chi connectivity index (χ1) is 31.1. The fourth-order valence-corrected chi connectivity index (χ4v) is 9.70. The first-order valence-electron chi connectivity index (χ1n) is 20.7. The summed E-state index contributed by atoms with van der Waals surface area (Å²) in [6, 6.07) is 7.07. The molecule has 0 aliphatic heterocycles. The van der Waals surface area contributed by atoms with E-state index in [-0.39, 0.29) is 59.4 Å². The predicted octanol–water partition coefficient (Wildman–Crippen LogP) is 1.22. The molecule has 1 aromatic heterocycles. The number of aliphatic imine (C=N–C) groups is 2. The second kappa shape index (κ2) is 27.1. The number of pyridine rings is 1. The van der Waals surface area contributed by atoms with Crippen molar-refractivity contribution in [3.8, 4) is 11.5 Å². The normalized spacial score (nSPS) is 12.7. The minimum absolute atomic E-state index is 0.0130. The number of hydrogen-bond acceptors (Lipinski definition) is 16. The molecule has 3 aromatic rings. The van der Waals surface area contributed by atoms with Crippen LogP contribution in [-0.4, -0.2) is 131 Å². The van der Waals surface area contributed by atoms with E-state index < -0.39 is 32.1 Å². The van der Waals surface area contributed by atoms with E-state index in [2.05, 4.69) is 35.0 Å². The van der Waals surface area contributed by atoms with Gasteiger partial charge in [0.1, 0.15) is 11.5 Å². The number of hydrogen-bond donors (Lipinski definition) is 6. The van der Waals surface area contributed by atoms with E-state index in [0.717, 1.165) is 10.6 Å². The molecule has 0 bridgehead atoms. The number of nitrogens with zero attached hydrogens (tertiary/aromatic N) is 4. The van der Waals surface area contributed by atoms with E-state index in [1.165, 1.54) is 34.6 Å². The Kier molecular flexibility index (Phi) is 23.2. The van der Waals surface area contributed by atoms with E-state index in [1.54, 1.807) is 71.9 Å². The van der Waals surface area contributed by atoms with Crippen LogP contribution in [0, 0.1) is 41.5 Å². The van der Waals surface area contributed by atoms with Gasteiger partial charge in [-0.2, -0.15) is 0 Å². The van der Waals surface area contributed by atoms with Crippen LogP contribution in [0.25, 0.3) is 0 Å². The third-order valence-electron chi connectivity index (χ3n) is 10.3. The molecule has 0 spiro atoms. The molecule has 2 unspecified atom stereocenters. The number of ketones is 1. The van der Waals surface area contributed by atoms with Crippen molar-refractivity contribution in [1.29, 1.82) is 0 Å². The molecule has 2 aromatic carbocycles. The van der Waals surface area contributed by atoms with Crippen molar-refractivity contribution in [1.82, 2.24) is 30.1 Å². The van der Waals surface area contributed by atoms with Crippen LogP contribution in [0.4, 0.5) is 0 Å². The summed E-state index contributed by atoms with van der Waals surface area (Å²) in [6.07, 6.45) is 3.12. The molecule has 0 aliphatic carbocycles. The maximum atomic E-state index is 12.9. The molecule has 0 saturated carbocycles. The van der Waals surface area contributed by atoms with Crippen LogP contribution in [0.5, 0.6) is 11.5 Å².